The standard InChI is InChI=1S/C15H11NO3S/c17-15(18)14-11-5-1-2-6-12(11)16-8-13(14)19-9-10-4-3-7-20-10/h1-8H,9H2,(H,17,18). The summed E-state index contributed by atoms with van der Waals surface area (Å²) in [5.74, 6) is -0.714. The van der Waals surface area contributed by atoms with Crippen molar-refractivity contribution in [3.05, 3.63) is 58.4 Å². The van der Waals surface area contributed by atoms with Crippen LogP contribution in [-0.4, -0.2) is 16.1 Å². The molecule has 0 saturated heterocycles. The zero-order valence-corrected chi connectivity index (χ0v) is 11.3. The minimum absolute atomic E-state index is 0.159. The fraction of sp³-hybridized carbons (Fsp3) is 0.0667. The molecule has 0 bridgehead atoms. The minimum Gasteiger partial charge on any atom is -0.486 e. The number of carbonyl (C=O) groups is 1. The molecule has 0 unspecified atom stereocenters. The van der Waals surface area contributed by atoms with Crippen molar-refractivity contribution in [1.29, 1.82) is 0 Å². The number of hydrogen-bond donors (Lipinski definition) is 1. The Balaban J connectivity index is 2.01. The summed E-state index contributed by atoms with van der Waals surface area (Å²) < 4.78 is 5.62. The predicted octanol–water partition coefficient (Wildman–Crippen LogP) is 3.57. The molecular formula is C15H11NO3S. The number of rotatable bonds is 4. The molecule has 0 fully saturated rings. The number of fused-ring (bicyclic) bond motifs is 1. The molecule has 0 amide bonds. The molecule has 0 aliphatic carbocycles. The van der Waals surface area contributed by atoms with Crippen LogP contribution in [0.25, 0.3) is 10.9 Å². The Bertz CT molecular complexity index is 753. The highest BCUT2D eigenvalue weighted by atomic mass is 32.1. The number of ether oxygens (including phenoxy) is 1. The van der Waals surface area contributed by atoms with Crippen LogP contribution in [0, 0.1) is 0 Å². The largest absolute Gasteiger partial charge is 0.486 e. The number of para-hydroxylation sites is 1. The van der Waals surface area contributed by atoms with E-state index in [1.807, 2.05) is 23.6 Å². The van der Waals surface area contributed by atoms with Crippen LogP contribution < -0.4 is 4.74 Å². The number of carboxylic acids is 1. The summed E-state index contributed by atoms with van der Waals surface area (Å²) >= 11 is 1.57. The van der Waals surface area contributed by atoms with E-state index in [2.05, 4.69) is 4.98 Å². The number of benzene rings is 1. The molecule has 5 heteroatoms. The first kappa shape index (κ1) is 12.6. The summed E-state index contributed by atoms with van der Waals surface area (Å²) in [6.45, 7) is 0.345. The number of nitrogens with zero attached hydrogens (tertiary/aromatic N) is 1. The van der Waals surface area contributed by atoms with Gasteiger partial charge in [-0.3, -0.25) is 4.98 Å². The van der Waals surface area contributed by atoms with E-state index in [1.54, 1.807) is 29.5 Å². The maximum Gasteiger partial charge on any atom is 0.340 e. The van der Waals surface area contributed by atoms with Crippen molar-refractivity contribution in [1.82, 2.24) is 4.98 Å². The van der Waals surface area contributed by atoms with Gasteiger partial charge in [0.2, 0.25) is 0 Å². The van der Waals surface area contributed by atoms with Crippen molar-refractivity contribution in [2.75, 3.05) is 0 Å². The van der Waals surface area contributed by atoms with Gasteiger partial charge in [-0.2, -0.15) is 0 Å². The van der Waals surface area contributed by atoms with Gasteiger partial charge in [-0.25, -0.2) is 4.79 Å². The van der Waals surface area contributed by atoms with Gasteiger partial charge in [-0.1, -0.05) is 24.3 Å². The topological polar surface area (TPSA) is 59.4 Å². The summed E-state index contributed by atoms with van der Waals surface area (Å²) in [6, 6.07) is 11.0. The van der Waals surface area contributed by atoms with Crippen molar-refractivity contribution in [2.24, 2.45) is 0 Å². The molecule has 100 valence electrons. The molecule has 1 N–H and O–H groups in total. The lowest BCUT2D eigenvalue weighted by Gasteiger charge is -2.10. The van der Waals surface area contributed by atoms with Crippen molar-refractivity contribution in [2.45, 2.75) is 6.61 Å². The summed E-state index contributed by atoms with van der Waals surface area (Å²) in [5, 5.41) is 12.0. The van der Waals surface area contributed by atoms with Crippen LogP contribution in [0.5, 0.6) is 5.75 Å². The van der Waals surface area contributed by atoms with Crippen LogP contribution >= 0.6 is 11.3 Å². The molecular weight excluding hydrogens is 274 g/mol. The van der Waals surface area contributed by atoms with Gasteiger partial charge in [0.15, 0.2) is 5.75 Å². The average Bonchev–Trinajstić information content (AvgIpc) is 2.97. The van der Waals surface area contributed by atoms with E-state index in [4.69, 9.17) is 4.74 Å². The van der Waals surface area contributed by atoms with Gasteiger partial charge >= 0.3 is 5.97 Å². The molecule has 2 heterocycles. The second kappa shape index (κ2) is 5.30. The number of aromatic nitrogens is 1. The number of hydrogen-bond acceptors (Lipinski definition) is 4. The lowest BCUT2D eigenvalue weighted by molar-refractivity contribution is 0.0694. The Morgan fingerprint density at radius 2 is 2.10 bits per heavy atom. The first-order chi connectivity index (χ1) is 9.75. The number of thiophene rings is 1. The second-order valence-corrected chi connectivity index (χ2v) is 5.22. The third-order valence-electron chi connectivity index (χ3n) is 2.90. The molecule has 2 aromatic heterocycles. The van der Waals surface area contributed by atoms with Crippen molar-refractivity contribution in [3.63, 3.8) is 0 Å². The van der Waals surface area contributed by atoms with Crippen molar-refractivity contribution < 1.29 is 14.6 Å². The van der Waals surface area contributed by atoms with E-state index in [-0.39, 0.29) is 5.56 Å². The quantitative estimate of drug-likeness (QED) is 0.796. The Labute approximate surface area is 119 Å². The highest BCUT2D eigenvalue weighted by Gasteiger charge is 2.16. The highest BCUT2D eigenvalue weighted by Crippen LogP contribution is 2.27. The van der Waals surface area contributed by atoms with Crippen molar-refractivity contribution >= 4 is 28.2 Å². The maximum absolute atomic E-state index is 11.5. The Morgan fingerprint density at radius 1 is 1.25 bits per heavy atom. The Morgan fingerprint density at radius 3 is 2.85 bits per heavy atom. The molecule has 4 nitrogen and oxygen atoms in total. The van der Waals surface area contributed by atoms with Gasteiger partial charge in [-0.05, 0) is 17.5 Å². The lowest BCUT2D eigenvalue weighted by Crippen LogP contribution is -2.04. The Hall–Kier alpha value is -2.40. The normalized spacial score (nSPS) is 10.6. The molecule has 0 aliphatic heterocycles. The third-order valence-corrected chi connectivity index (χ3v) is 3.75. The monoisotopic (exact) mass is 285 g/mol. The van der Waals surface area contributed by atoms with E-state index in [9.17, 15) is 9.90 Å². The maximum atomic E-state index is 11.5. The number of pyridine rings is 1. The highest BCUT2D eigenvalue weighted by molar-refractivity contribution is 7.09. The van der Waals surface area contributed by atoms with Gasteiger partial charge in [-0.15, -0.1) is 11.3 Å². The van der Waals surface area contributed by atoms with Crippen LogP contribution in [0.3, 0.4) is 0 Å². The minimum atomic E-state index is -1.01. The smallest absolute Gasteiger partial charge is 0.340 e. The molecule has 0 aliphatic rings. The average molecular weight is 285 g/mol. The fourth-order valence-corrected chi connectivity index (χ4v) is 2.61. The van der Waals surface area contributed by atoms with Crippen LogP contribution in [0.1, 0.15) is 15.2 Å². The zero-order valence-electron chi connectivity index (χ0n) is 10.4. The molecule has 0 saturated carbocycles. The van der Waals surface area contributed by atoms with Crippen molar-refractivity contribution in [3.8, 4) is 5.75 Å². The van der Waals surface area contributed by atoms with Crippen LogP contribution in [0.2, 0.25) is 0 Å². The van der Waals surface area contributed by atoms with Gasteiger partial charge in [0.25, 0.3) is 0 Å². The van der Waals surface area contributed by atoms with E-state index in [0.29, 0.717) is 23.3 Å². The second-order valence-electron chi connectivity index (χ2n) is 4.19. The van der Waals surface area contributed by atoms with Crippen LogP contribution in [0.15, 0.2) is 48.0 Å². The SMILES string of the molecule is O=C(O)c1c(OCc2cccs2)cnc2ccccc12. The van der Waals surface area contributed by atoms with E-state index in [0.717, 1.165) is 4.88 Å². The fourth-order valence-electron chi connectivity index (χ4n) is 2.00. The summed E-state index contributed by atoms with van der Waals surface area (Å²) in [7, 11) is 0. The van der Waals surface area contributed by atoms with E-state index >= 15 is 0 Å². The van der Waals surface area contributed by atoms with Gasteiger partial charge in [0, 0.05) is 10.3 Å². The number of aromatic carboxylic acids is 1. The van der Waals surface area contributed by atoms with E-state index < -0.39 is 5.97 Å². The molecule has 3 rings (SSSR count). The predicted molar refractivity (Wildman–Crippen MR) is 77.4 cm³/mol. The van der Waals surface area contributed by atoms with Gasteiger partial charge in [0.05, 0.1) is 11.7 Å². The van der Waals surface area contributed by atoms with E-state index in [1.165, 1.54) is 6.20 Å². The molecule has 0 atom stereocenters. The summed E-state index contributed by atoms with van der Waals surface area (Å²) in [6.07, 6.45) is 1.47. The lowest BCUT2D eigenvalue weighted by atomic mass is 10.1. The molecule has 0 spiro atoms. The van der Waals surface area contributed by atoms with Crippen LogP contribution in [-0.2, 0) is 6.61 Å². The first-order valence-electron chi connectivity index (χ1n) is 6.02. The Kier molecular flexibility index (Phi) is 3.35. The first-order valence-corrected chi connectivity index (χ1v) is 6.90. The zero-order chi connectivity index (χ0) is 13.9. The van der Waals surface area contributed by atoms with Gasteiger partial charge < -0.3 is 9.84 Å². The van der Waals surface area contributed by atoms with Gasteiger partial charge in [0.1, 0.15) is 12.2 Å². The summed E-state index contributed by atoms with van der Waals surface area (Å²) in [4.78, 5) is 16.8. The summed E-state index contributed by atoms with van der Waals surface area (Å²) in [5.41, 5.74) is 0.806. The van der Waals surface area contributed by atoms with Crippen LogP contribution in [0.4, 0.5) is 0 Å². The third kappa shape index (κ3) is 2.35. The molecule has 3 aromatic rings. The molecule has 1 aromatic carbocycles. The molecule has 20 heavy (non-hydrogen) atoms. The number of carboxylic acid groups (broad SMARTS) is 1. The molecule has 0 radical (unpaired) electrons.